The summed E-state index contributed by atoms with van der Waals surface area (Å²) in [5, 5.41) is 0. The molecule has 27 heavy (non-hydrogen) atoms. The molecule has 3 rings (SSSR count). The number of benzene rings is 1. The molecule has 1 fully saturated rings. The highest BCUT2D eigenvalue weighted by molar-refractivity contribution is 5.92. The largest absolute Gasteiger partial charge is 0.367 e. The molecule has 2 N–H and O–H groups in total. The lowest BCUT2D eigenvalue weighted by atomic mass is 10.2. The van der Waals surface area contributed by atoms with Crippen LogP contribution in [0.15, 0.2) is 36.4 Å². The number of aromatic nitrogens is 1. The van der Waals surface area contributed by atoms with Gasteiger partial charge in [0.15, 0.2) is 6.10 Å². The number of morpholine rings is 1. The first-order valence-corrected chi connectivity index (χ1v) is 9.00. The minimum atomic E-state index is -0.734. The molecule has 6 heteroatoms. The minimum absolute atomic E-state index is 0.148. The van der Waals surface area contributed by atoms with Crippen LogP contribution in [0, 0.1) is 20.8 Å². The first kappa shape index (κ1) is 18.9. The molecule has 0 saturated carbocycles. The Morgan fingerprint density at radius 2 is 1.89 bits per heavy atom. The third-order valence-electron chi connectivity index (χ3n) is 4.86. The summed E-state index contributed by atoms with van der Waals surface area (Å²) in [6.07, 6.45) is 2.64. The molecule has 1 aliphatic heterocycles. The van der Waals surface area contributed by atoms with Crippen molar-refractivity contribution in [1.82, 2.24) is 9.47 Å². The topological polar surface area (TPSA) is 77.6 Å². The van der Waals surface area contributed by atoms with E-state index in [-0.39, 0.29) is 12.5 Å². The smallest absolute Gasteiger partial charge is 0.248 e. The Morgan fingerprint density at radius 1 is 1.19 bits per heavy atom. The van der Waals surface area contributed by atoms with E-state index >= 15 is 0 Å². The van der Waals surface area contributed by atoms with Crippen LogP contribution < -0.4 is 5.73 Å². The zero-order chi connectivity index (χ0) is 19.6. The van der Waals surface area contributed by atoms with Crippen molar-refractivity contribution < 1.29 is 14.3 Å². The van der Waals surface area contributed by atoms with Gasteiger partial charge in [0.2, 0.25) is 11.8 Å². The first-order valence-electron chi connectivity index (χ1n) is 9.00. The monoisotopic (exact) mass is 367 g/mol. The highest BCUT2D eigenvalue weighted by Gasteiger charge is 2.26. The molecule has 0 aliphatic carbocycles. The number of aryl methyl sites for hydroxylation is 2. The molecule has 1 unspecified atom stereocenters. The summed E-state index contributed by atoms with van der Waals surface area (Å²) in [5.74, 6) is -0.692. The number of amides is 2. The number of rotatable bonds is 4. The maximum absolute atomic E-state index is 12.5. The van der Waals surface area contributed by atoms with E-state index in [4.69, 9.17) is 10.5 Å². The molecular formula is C21H25N3O3. The molecule has 1 saturated heterocycles. The Labute approximate surface area is 159 Å². The summed E-state index contributed by atoms with van der Waals surface area (Å²) in [4.78, 5) is 25.3. The van der Waals surface area contributed by atoms with Gasteiger partial charge in [0.25, 0.3) is 0 Å². The molecule has 0 spiro atoms. The molecule has 1 aromatic heterocycles. The second-order valence-corrected chi connectivity index (χ2v) is 6.88. The Hall–Kier alpha value is -2.86. The molecule has 0 bridgehead atoms. The zero-order valence-corrected chi connectivity index (χ0v) is 15.9. The average Bonchev–Trinajstić information content (AvgIpc) is 2.94. The van der Waals surface area contributed by atoms with Crippen LogP contribution in [0.1, 0.15) is 22.5 Å². The van der Waals surface area contributed by atoms with Crippen LogP contribution in [0.25, 0.3) is 11.8 Å². The predicted octanol–water partition coefficient (Wildman–Crippen LogP) is 2.13. The summed E-state index contributed by atoms with van der Waals surface area (Å²) in [7, 11) is 0. The average molecular weight is 367 g/mol. The summed E-state index contributed by atoms with van der Waals surface area (Å²) >= 11 is 0. The van der Waals surface area contributed by atoms with Crippen molar-refractivity contribution in [2.75, 3.05) is 19.7 Å². The molecule has 1 aromatic carbocycles. The number of ether oxygens (including phenoxy) is 1. The van der Waals surface area contributed by atoms with Gasteiger partial charge in [-0.05, 0) is 50.6 Å². The van der Waals surface area contributed by atoms with Crippen LogP contribution in [-0.2, 0) is 14.3 Å². The first-order chi connectivity index (χ1) is 12.9. The van der Waals surface area contributed by atoms with E-state index in [2.05, 4.69) is 41.8 Å². The van der Waals surface area contributed by atoms with E-state index in [9.17, 15) is 9.59 Å². The molecule has 0 radical (unpaired) electrons. The number of nitrogens with zero attached hydrogens (tertiary/aromatic N) is 2. The summed E-state index contributed by atoms with van der Waals surface area (Å²) in [6, 6.07) is 10.4. The fourth-order valence-electron chi connectivity index (χ4n) is 3.34. The van der Waals surface area contributed by atoms with Crippen molar-refractivity contribution in [1.29, 1.82) is 0 Å². The van der Waals surface area contributed by atoms with Crippen molar-refractivity contribution in [2.45, 2.75) is 26.9 Å². The van der Waals surface area contributed by atoms with E-state index in [0.717, 1.165) is 22.6 Å². The molecule has 1 atom stereocenters. The van der Waals surface area contributed by atoms with Crippen LogP contribution in [0.5, 0.6) is 0 Å². The SMILES string of the molecule is Cc1ccc(-n2c(C)cc(/C=C/C(=O)N3CCOC(C(N)=O)C3)c2C)cc1. The number of hydrogen-bond donors (Lipinski definition) is 1. The number of hydrogen-bond acceptors (Lipinski definition) is 3. The van der Waals surface area contributed by atoms with Crippen LogP contribution in [0.3, 0.4) is 0 Å². The fraction of sp³-hybridized carbons (Fsp3) is 0.333. The van der Waals surface area contributed by atoms with Gasteiger partial charge in [-0.2, -0.15) is 0 Å². The second-order valence-electron chi connectivity index (χ2n) is 6.88. The lowest BCUT2D eigenvalue weighted by Crippen LogP contribution is -2.50. The second kappa shape index (κ2) is 7.80. The third kappa shape index (κ3) is 4.11. The Morgan fingerprint density at radius 3 is 2.56 bits per heavy atom. The van der Waals surface area contributed by atoms with Crippen LogP contribution in [0.2, 0.25) is 0 Å². The highest BCUT2D eigenvalue weighted by atomic mass is 16.5. The van der Waals surface area contributed by atoms with Crippen molar-refractivity contribution in [3.8, 4) is 5.69 Å². The number of carbonyl (C=O) groups excluding carboxylic acids is 2. The molecule has 142 valence electrons. The van der Waals surface area contributed by atoms with Gasteiger partial charge < -0.3 is 19.9 Å². The standard InChI is InChI=1S/C21H25N3O3/c1-14-4-7-18(8-5-14)24-15(2)12-17(16(24)3)6-9-20(25)23-10-11-27-19(13-23)21(22)26/h4-9,12,19H,10-11,13H2,1-3H3,(H2,22,26)/b9-6+. The van der Waals surface area contributed by atoms with E-state index in [1.165, 1.54) is 5.56 Å². The lowest BCUT2D eigenvalue weighted by Gasteiger charge is -2.30. The molecule has 2 amide bonds. The summed E-state index contributed by atoms with van der Waals surface area (Å²) in [5.41, 5.74) is 10.7. The normalized spacial score (nSPS) is 17.4. The maximum Gasteiger partial charge on any atom is 0.248 e. The molecule has 2 aromatic rings. The van der Waals surface area contributed by atoms with Crippen LogP contribution in [0.4, 0.5) is 0 Å². The summed E-state index contributed by atoms with van der Waals surface area (Å²) in [6.45, 7) is 7.11. The quantitative estimate of drug-likeness (QED) is 0.841. The van der Waals surface area contributed by atoms with Gasteiger partial charge in [0.05, 0.1) is 13.2 Å². The van der Waals surface area contributed by atoms with Gasteiger partial charge in [-0.15, -0.1) is 0 Å². The number of carbonyl (C=O) groups is 2. The van der Waals surface area contributed by atoms with E-state index in [0.29, 0.717) is 13.2 Å². The number of primary amides is 1. The minimum Gasteiger partial charge on any atom is -0.367 e. The van der Waals surface area contributed by atoms with Gasteiger partial charge in [-0.3, -0.25) is 9.59 Å². The van der Waals surface area contributed by atoms with Crippen molar-refractivity contribution in [2.24, 2.45) is 5.73 Å². The molecular weight excluding hydrogens is 342 g/mol. The third-order valence-corrected chi connectivity index (χ3v) is 4.86. The van der Waals surface area contributed by atoms with Gasteiger partial charge >= 0.3 is 0 Å². The molecule has 1 aliphatic rings. The fourth-order valence-corrected chi connectivity index (χ4v) is 3.34. The van der Waals surface area contributed by atoms with Gasteiger partial charge in [-0.1, -0.05) is 17.7 Å². The Kier molecular flexibility index (Phi) is 5.46. The Balaban J connectivity index is 1.77. The van der Waals surface area contributed by atoms with Gasteiger partial charge in [-0.25, -0.2) is 0 Å². The van der Waals surface area contributed by atoms with E-state index in [1.807, 2.05) is 19.9 Å². The molecule has 2 heterocycles. The van der Waals surface area contributed by atoms with Gasteiger partial charge in [0, 0.05) is 29.7 Å². The van der Waals surface area contributed by atoms with Gasteiger partial charge in [0.1, 0.15) is 0 Å². The van der Waals surface area contributed by atoms with Crippen LogP contribution in [-0.4, -0.2) is 47.1 Å². The van der Waals surface area contributed by atoms with Crippen molar-refractivity contribution in [3.05, 3.63) is 58.9 Å². The van der Waals surface area contributed by atoms with E-state index < -0.39 is 12.0 Å². The lowest BCUT2D eigenvalue weighted by molar-refractivity contribution is -0.142. The van der Waals surface area contributed by atoms with Crippen molar-refractivity contribution in [3.63, 3.8) is 0 Å². The zero-order valence-electron chi connectivity index (χ0n) is 15.9. The maximum atomic E-state index is 12.5. The van der Waals surface area contributed by atoms with E-state index in [1.54, 1.807) is 11.0 Å². The Bertz CT molecular complexity index is 881. The predicted molar refractivity (Wildman–Crippen MR) is 105 cm³/mol. The molecule has 6 nitrogen and oxygen atoms in total. The number of nitrogens with two attached hydrogens (primary N) is 1. The highest BCUT2D eigenvalue weighted by Crippen LogP contribution is 2.22. The van der Waals surface area contributed by atoms with Crippen molar-refractivity contribution >= 4 is 17.9 Å². The summed E-state index contributed by atoms with van der Waals surface area (Å²) < 4.78 is 7.45. The van der Waals surface area contributed by atoms with Crippen LogP contribution >= 0.6 is 0 Å².